The van der Waals surface area contributed by atoms with Crippen LogP contribution in [0.25, 0.3) is 0 Å². The molecular weight excluding hydrogens is 168 g/mol. The van der Waals surface area contributed by atoms with Gasteiger partial charge in [0.1, 0.15) is 6.61 Å². The molecule has 0 saturated heterocycles. The first kappa shape index (κ1) is 11.8. The second kappa shape index (κ2) is 8.88. The zero-order valence-corrected chi connectivity index (χ0v) is 7.71. The largest absolute Gasteiger partial charge is 0.449 e. The van der Waals surface area contributed by atoms with Crippen LogP contribution in [-0.4, -0.2) is 25.8 Å². The molecule has 3 N–H and O–H groups in total. The van der Waals surface area contributed by atoms with Crippen LogP contribution in [0.3, 0.4) is 0 Å². The molecule has 0 aliphatic rings. The summed E-state index contributed by atoms with van der Waals surface area (Å²) >= 11 is 0. The number of hydrogen-bond acceptors (Lipinski definition) is 3. The van der Waals surface area contributed by atoms with E-state index in [0.717, 1.165) is 12.8 Å². The lowest BCUT2D eigenvalue weighted by atomic mass is 10.3. The lowest BCUT2D eigenvalue weighted by molar-refractivity contribution is 0.148. The number of alkyl carbamates (subject to hydrolysis) is 1. The molecule has 0 bridgehead atoms. The Morgan fingerprint density at radius 2 is 2.31 bits per heavy atom. The van der Waals surface area contributed by atoms with Crippen molar-refractivity contribution in [1.82, 2.24) is 5.32 Å². The molecule has 0 unspecified atom stereocenters. The molecule has 0 aromatic heterocycles. The molecule has 0 aliphatic heterocycles. The second-order valence-corrected chi connectivity index (χ2v) is 2.51. The van der Waals surface area contributed by atoms with Crippen molar-refractivity contribution in [2.75, 3.05) is 19.7 Å². The predicted octanol–water partition coefficient (Wildman–Crippen LogP) is 0.475. The van der Waals surface area contributed by atoms with Gasteiger partial charge in [0.25, 0.3) is 0 Å². The molecule has 0 radical (unpaired) electrons. The van der Waals surface area contributed by atoms with Gasteiger partial charge in [-0.25, -0.2) is 4.79 Å². The molecule has 4 heteroatoms. The lowest BCUT2D eigenvalue weighted by Crippen LogP contribution is -2.25. The van der Waals surface area contributed by atoms with Crippen molar-refractivity contribution in [3.05, 3.63) is 0 Å². The van der Waals surface area contributed by atoms with Crippen LogP contribution in [0.4, 0.5) is 4.79 Å². The Morgan fingerprint density at radius 1 is 1.54 bits per heavy atom. The van der Waals surface area contributed by atoms with Crippen molar-refractivity contribution in [2.45, 2.75) is 19.3 Å². The highest BCUT2D eigenvalue weighted by molar-refractivity contribution is 5.66. The number of rotatable bonds is 6. The van der Waals surface area contributed by atoms with Gasteiger partial charge in [-0.05, 0) is 19.4 Å². The summed E-state index contributed by atoms with van der Waals surface area (Å²) in [4.78, 5) is 10.8. The molecule has 0 aliphatic carbocycles. The van der Waals surface area contributed by atoms with E-state index in [1.54, 1.807) is 0 Å². The Morgan fingerprint density at radius 3 is 2.92 bits per heavy atom. The van der Waals surface area contributed by atoms with Gasteiger partial charge in [0.15, 0.2) is 0 Å². The highest BCUT2D eigenvalue weighted by Gasteiger charge is 1.98. The lowest BCUT2D eigenvalue weighted by Gasteiger charge is -2.04. The number of carbonyl (C=O) groups excluding carboxylic acids is 1. The van der Waals surface area contributed by atoms with Gasteiger partial charge in [0.05, 0.1) is 0 Å². The van der Waals surface area contributed by atoms with Gasteiger partial charge in [0.2, 0.25) is 0 Å². The smallest absolute Gasteiger partial charge is 0.407 e. The molecule has 0 heterocycles. The number of carbonyl (C=O) groups is 1. The van der Waals surface area contributed by atoms with E-state index >= 15 is 0 Å². The molecule has 13 heavy (non-hydrogen) atoms. The van der Waals surface area contributed by atoms with Crippen molar-refractivity contribution >= 4 is 6.09 Å². The van der Waals surface area contributed by atoms with Crippen LogP contribution < -0.4 is 11.1 Å². The molecule has 0 atom stereocenters. The highest BCUT2D eigenvalue weighted by Crippen LogP contribution is 1.85. The third kappa shape index (κ3) is 8.70. The normalized spacial score (nSPS) is 8.92. The first-order chi connectivity index (χ1) is 6.31. The number of nitrogens with two attached hydrogens (primary N) is 1. The summed E-state index contributed by atoms with van der Waals surface area (Å²) in [6.07, 6.45) is 6.81. The van der Waals surface area contributed by atoms with Crippen LogP contribution in [0, 0.1) is 12.3 Å². The van der Waals surface area contributed by atoms with Gasteiger partial charge in [-0.3, -0.25) is 0 Å². The molecule has 0 aromatic carbocycles. The van der Waals surface area contributed by atoms with Crippen LogP contribution in [-0.2, 0) is 4.74 Å². The van der Waals surface area contributed by atoms with Crippen LogP contribution in [0.2, 0.25) is 0 Å². The van der Waals surface area contributed by atoms with Crippen LogP contribution in [0.1, 0.15) is 19.3 Å². The van der Waals surface area contributed by atoms with Crippen LogP contribution >= 0.6 is 0 Å². The first-order valence-electron chi connectivity index (χ1n) is 4.35. The summed E-state index contributed by atoms with van der Waals surface area (Å²) in [6, 6.07) is 0. The summed E-state index contributed by atoms with van der Waals surface area (Å²) in [5.41, 5.74) is 5.28. The Labute approximate surface area is 78.8 Å². The molecule has 0 fully saturated rings. The summed E-state index contributed by atoms with van der Waals surface area (Å²) in [5.74, 6) is 2.38. The Bertz CT molecular complexity index is 175. The van der Waals surface area contributed by atoms with E-state index in [2.05, 4.69) is 11.2 Å². The number of nitrogens with one attached hydrogen (secondary N) is 1. The van der Waals surface area contributed by atoms with Gasteiger partial charge < -0.3 is 15.8 Å². The zero-order chi connectivity index (χ0) is 9.94. The second-order valence-electron chi connectivity index (χ2n) is 2.51. The maximum atomic E-state index is 10.8. The monoisotopic (exact) mass is 184 g/mol. The Kier molecular flexibility index (Phi) is 8.06. The van der Waals surface area contributed by atoms with E-state index in [1.165, 1.54) is 0 Å². The van der Waals surface area contributed by atoms with Crippen molar-refractivity contribution in [1.29, 1.82) is 0 Å². The molecule has 1 amide bonds. The molecule has 0 rings (SSSR count). The van der Waals surface area contributed by atoms with Crippen molar-refractivity contribution < 1.29 is 9.53 Å². The van der Waals surface area contributed by atoms with Crippen molar-refractivity contribution in [3.8, 4) is 12.3 Å². The Balaban J connectivity index is 3.16. The number of unbranched alkanes of at least 4 members (excludes halogenated alkanes) is 1. The topological polar surface area (TPSA) is 64.3 Å². The number of ether oxygens (including phenoxy) is 1. The van der Waals surface area contributed by atoms with E-state index in [-0.39, 0.29) is 6.61 Å². The predicted molar refractivity (Wildman–Crippen MR) is 51.1 cm³/mol. The molecule has 74 valence electrons. The maximum Gasteiger partial charge on any atom is 0.407 e. The van der Waals surface area contributed by atoms with E-state index < -0.39 is 6.09 Å². The molecular formula is C9H16N2O2. The number of amides is 1. The third-order valence-corrected chi connectivity index (χ3v) is 1.38. The van der Waals surface area contributed by atoms with Gasteiger partial charge >= 0.3 is 6.09 Å². The minimum atomic E-state index is -0.410. The van der Waals surface area contributed by atoms with Crippen molar-refractivity contribution in [3.63, 3.8) is 0 Å². The van der Waals surface area contributed by atoms with Crippen LogP contribution in [0.5, 0.6) is 0 Å². The highest BCUT2D eigenvalue weighted by atomic mass is 16.5. The first-order valence-corrected chi connectivity index (χ1v) is 4.35. The summed E-state index contributed by atoms with van der Waals surface area (Å²) in [5, 5.41) is 2.59. The molecule has 0 spiro atoms. The van der Waals surface area contributed by atoms with Gasteiger partial charge in [0, 0.05) is 13.0 Å². The quantitative estimate of drug-likeness (QED) is 0.466. The van der Waals surface area contributed by atoms with E-state index in [1.807, 2.05) is 0 Å². The average molecular weight is 184 g/mol. The summed E-state index contributed by atoms with van der Waals surface area (Å²) < 4.78 is 4.74. The fourth-order valence-corrected chi connectivity index (χ4v) is 0.713. The fraction of sp³-hybridized carbons (Fsp3) is 0.667. The molecule has 0 aromatic rings. The Hall–Kier alpha value is -1.21. The SMILES string of the molecule is C#CCCOC(=O)NCCCCN. The summed E-state index contributed by atoms with van der Waals surface area (Å²) in [6.45, 7) is 1.53. The minimum absolute atomic E-state index is 0.277. The van der Waals surface area contributed by atoms with E-state index in [4.69, 9.17) is 16.9 Å². The molecule has 0 saturated carbocycles. The standard InChI is InChI=1S/C9H16N2O2/c1-2-3-8-13-9(12)11-7-5-4-6-10/h1H,3-8,10H2,(H,11,12). The van der Waals surface area contributed by atoms with Gasteiger partial charge in [-0.2, -0.15) is 0 Å². The van der Waals surface area contributed by atoms with Crippen molar-refractivity contribution in [2.24, 2.45) is 5.73 Å². The van der Waals surface area contributed by atoms with E-state index in [9.17, 15) is 4.79 Å². The average Bonchev–Trinajstić information content (AvgIpc) is 2.13. The third-order valence-electron chi connectivity index (χ3n) is 1.38. The summed E-state index contributed by atoms with van der Waals surface area (Å²) in [7, 11) is 0. The minimum Gasteiger partial charge on any atom is -0.449 e. The van der Waals surface area contributed by atoms with Gasteiger partial charge in [-0.15, -0.1) is 12.3 Å². The molecule has 4 nitrogen and oxygen atoms in total. The zero-order valence-electron chi connectivity index (χ0n) is 7.71. The number of terminal acetylenes is 1. The number of hydrogen-bond donors (Lipinski definition) is 2. The van der Waals surface area contributed by atoms with Crippen LogP contribution in [0.15, 0.2) is 0 Å². The maximum absolute atomic E-state index is 10.8. The fourth-order valence-electron chi connectivity index (χ4n) is 0.713. The van der Waals surface area contributed by atoms with E-state index in [0.29, 0.717) is 19.5 Å². The van der Waals surface area contributed by atoms with Gasteiger partial charge in [-0.1, -0.05) is 0 Å².